The van der Waals surface area contributed by atoms with Gasteiger partial charge in [-0.1, -0.05) is 6.42 Å². The Balaban J connectivity index is 1.22. The van der Waals surface area contributed by atoms with Crippen LogP contribution in [0.5, 0.6) is 0 Å². The molecule has 1 aromatic rings. The lowest BCUT2D eigenvalue weighted by Gasteiger charge is -2.38. The minimum atomic E-state index is -0.682. The Labute approximate surface area is 242 Å². The lowest BCUT2D eigenvalue weighted by atomic mass is 10.1. The minimum absolute atomic E-state index is 0.0757. The summed E-state index contributed by atoms with van der Waals surface area (Å²) in [5, 5.41) is 12.4. The van der Waals surface area contributed by atoms with E-state index < -0.39 is 17.8 Å². The average molecular weight is 573 g/mol. The summed E-state index contributed by atoms with van der Waals surface area (Å²) in [6, 6.07) is 6.71. The van der Waals surface area contributed by atoms with Gasteiger partial charge in [0.05, 0.1) is 6.54 Å². The molecule has 3 heterocycles. The summed E-state index contributed by atoms with van der Waals surface area (Å²) >= 11 is 0. The van der Waals surface area contributed by atoms with E-state index in [1.807, 2.05) is 34.6 Å². The van der Waals surface area contributed by atoms with Crippen molar-refractivity contribution < 1.29 is 28.7 Å². The number of nitrogens with one attached hydrogen (secondary N) is 2. The third kappa shape index (κ3) is 8.40. The molecule has 2 N–H and O–H groups in total. The minimum Gasteiger partial charge on any atom is -0.459 e. The SMILES string of the molecule is CC(C(=O)OC(C)(C)C)N1CCN(CC2CN(c3ccc(C(=N)NC(=O)ON4CCCCC4C)cc3)C(=O)O2)CC1. The number of carbonyl (C=O) groups excluding carboxylic acids is 3. The van der Waals surface area contributed by atoms with E-state index in [1.54, 1.807) is 34.2 Å². The maximum atomic E-state index is 12.6. The number of anilines is 1. The quantitative estimate of drug-likeness (QED) is 0.288. The van der Waals surface area contributed by atoms with E-state index in [9.17, 15) is 14.4 Å². The van der Waals surface area contributed by atoms with Crippen LogP contribution in [-0.2, 0) is 19.1 Å². The number of hydrogen-bond acceptors (Lipinski definition) is 10. The van der Waals surface area contributed by atoms with Crippen molar-refractivity contribution in [2.24, 2.45) is 0 Å². The van der Waals surface area contributed by atoms with Gasteiger partial charge < -0.3 is 14.3 Å². The number of nitrogens with zero attached hydrogens (tertiary/aromatic N) is 4. The molecule has 1 aromatic carbocycles. The summed E-state index contributed by atoms with van der Waals surface area (Å²) in [7, 11) is 0. The molecule has 3 atom stereocenters. The number of esters is 1. The van der Waals surface area contributed by atoms with Gasteiger partial charge in [0.2, 0.25) is 0 Å². The van der Waals surface area contributed by atoms with Crippen LogP contribution in [0.4, 0.5) is 15.3 Å². The third-order valence-corrected chi connectivity index (χ3v) is 7.68. The standard InChI is InChI=1S/C29H44N6O6/c1-20-8-6-7-13-35(20)41-27(37)31-25(30)22-9-11-23(12-10-22)34-19-24(39-28(34)38)18-32-14-16-33(17-15-32)21(2)26(36)40-29(3,4)5/h9-12,20-21,24H,6-8,13-19H2,1-5H3,(H2,30,31,37). The number of hydrogen-bond donors (Lipinski definition) is 2. The molecule has 3 aliphatic heterocycles. The van der Waals surface area contributed by atoms with E-state index in [0.717, 1.165) is 45.4 Å². The average Bonchev–Trinajstić information content (AvgIpc) is 3.28. The second-order valence-corrected chi connectivity index (χ2v) is 12.1. The maximum Gasteiger partial charge on any atom is 0.431 e. The fraction of sp³-hybridized carbons (Fsp3) is 0.655. The molecule has 0 spiro atoms. The first-order valence-electron chi connectivity index (χ1n) is 14.5. The molecule has 0 saturated carbocycles. The van der Waals surface area contributed by atoms with Crippen molar-refractivity contribution in [1.29, 1.82) is 5.41 Å². The lowest BCUT2D eigenvalue weighted by Crippen LogP contribution is -2.54. The zero-order valence-corrected chi connectivity index (χ0v) is 24.9. The van der Waals surface area contributed by atoms with Gasteiger partial charge in [0.1, 0.15) is 23.6 Å². The Morgan fingerprint density at radius 1 is 1.10 bits per heavy atom. The molecule has 0 radical (unpaired) electrons. The van der Waals surface area contributed by atoms with E-state index in [0.29, 0.717) is 30.9 Å². The molecule has 0 bridgehead atoms. The first-order chi connectivity index (χ1) is 19.4. The molecule has 41 heavy (non-hydrogen) atoms. The Morgan fingerprint density at radius 2 is 1.78 bits per heavy atom. The predicted octanol–water partition coefficient (Wildman–Crippen LogP) is 3.20. The Bertz CT molecular complexity index is 1100. The second-order valence-electron chi connectivity index (χ2n) is 12.1. The molecule has 3 fully saturated rings. The van der Waals surface area contributed by atoms with Crippen molar-refractivity contribution >= 4 is 29.7 Å². The zero-order chi connectivity index (χ0) is 29.7. The number of piperidine rings is 1. The van der Waals surface area contributed by atoms with E-state index >= 15 is 0 Å². The molecule has 4 rings (SSSR count). The summed E-state index contributed by atoms with van der Waals surface area (Å²) in [4.78, 5) is 48.7. The van der Waals surface area contributed by atoms with Crippen LogP contribution in [0, 0.1) is 5.41 Å². The van der Waals surface area contributed by atoms with Gasteiger partial charge in [0.25, 0.3) is 0 Å². The first kappa shape index (κ1) is 30.7. The molecule has 0 aliphatic carbocycles. The van der Waals surface area contributed by atoms with Gasteiger partial charge in [-0.25, -0.2) is 9.59 Å². The summed E-state index contributed by atoms with van der Waals surface area (Å²) in [6.07, 6.45) is 1.69. The smallest absolute Gasteiger partial charge is 0.431 e. The summed E-state index contributed by atoms with van der Waals surface area (Å²) in [6.45, 7) is 14.2. The number of cyclic esters (lactones) is 1. The first-order valence-corrected chi connectivity index (χ1v) is 14.5. The van der Waals surface area contributed by atoms with Gasteiger partial charge in [-0.3, -0.25) is 30.2 Å². The van der Waals surface area contributed by atoms with Crippen molar-refractivity contribution in [3.63, 3.8) is 0 Å². The van der Waals surface area contributed by atoms with Crippen molar-refractivity contribution in [2.75, 3.05) is 50.7 Å². The molecule has 3 saturated heterocycles. The van der Waals surface area contributed by atoms with Crippen LogP contribution in [0.15, 0.2) is 24.3 Å². The maximum absolute atomic E-state index is 12.6. The Morgan fingerprint density at radius 3 is 2.41 bits per heavy atom. The van der Waals surface area contributed by atoms with Gasteiger partial charge in [0.15, 0.2) is 0 Å². The van der Waals surface area contributed by atoms with E-state index in [2.05, 4.69) is 15.1 Å². The highest BCUT2D eigenvalue weighted by Gasteiger charge is 2.35. The second kappa shape index (κ2) is 13.2. The highest BCUT2D eigenvalue weighted by Crippen LogP contribution is 2.23. The fourth-order valence-electron chi connectivity index (χ4n) is 5.30. The normalized spacial score (nSPS) is 23.5. The van der Waals surface area contributed by atoms with Gasteiger partial charge in [-0.05, 0) is 71.7 Å². The van der Waals surface area contributed by atoms with Crippen LogP contribution >= 0.6 is 0 Å². The number of ether oxygens (including phenoxy) is 2. The van der Waals surface area contributed by atoms with E-state index in [-0.39, 0.29) is 30.0 Å². The molecule has 2 amide bonds. The summed E-state index contributed by atoms with van der Waals surface area (Å²) in [5.41, 5.74) is 0.652. The zero-order valence-electron chi connectivity index (χ0n) is 24.9. The van der Waals surface area contributed by atoms with Gasteiger partial charge in [0, 0.05) is 56.6 Å². The van der Waals surface area contributed by atoms with Crippen molar-refractivity contribution in [2.45, 2.75) is 77.7 Å². The van der Waals surface area contributed by atoms with Crippen LogP contribution < -0.4 is 10.2 Å². The summed E-state index contributed by atoms with van der Waals surface area (Å²) in [5.74, 6) is -0.288. The van der Waals surface area contributed by atoms with Crippen LogP contribution in [0.2, 0.25) is 0 Å². The molecule has 12 heteroatoms. The van der Waals surface area contributed by atoms with Crippen molar-refractivity contribution in [3.05, 3.63) is 29.8 Å². The van der Waals surface area contributed by atoms with Crippen LogP contribution in [0.25, 0.3) is 0 Å². The molecule has 0 aromatic heterocycles. The topological polar surface area (TPSA) is 128 Å². The van der Waals surface area contributed by atoms with Crippen LogP contribution in [0.1, 0.15) is 59.4 Å². The van der Waals surface area contributed by atoms with E-state index in [4.69, 9.17) is 19.7 Å². The third-order valence-electron chi connectivity index (χ3n) is 7.68. The number of rotatable bonds is 7. The molecule has 226 valence electrons. The number of benzene rings is 1. The van der Waals surface area contributed by atoms with Crippen LogP contribution in [0.3, 0.4) is 0 Å². The molecule has 12 nitrogen and oxygen atoms in total. The van der Waals surface area contributed by atoms with E-state index in [1.165, 1.54) is 0 Å². The molecule has 3 aliphatic rings. The van der Waals surface area contributed by atoms with Crippen molar-refractivity contribution in [1.82, 2.24) is 20.2 Å². The van der Waals surface area contributed by atoms with Gasteiger partial charge in [-0.15, -0.1) is 5.06 Å². The highest BCUT2D eigenvalue weighted by molar-refractivity contribution is 6.04. The predicted molar refractivity (Wildman–Crippen MR) is 154 cm³/mol. The molecular formula is C29H44N6O6. The Hall–Kier alpha value is -3.22. The van der Waals surface area contributed by atoms with Crippen LogP contribution in [-0.4, -0.2) is 108 Å². The summed E-state index contributed by atoms with van der Waals surface area (Å²) < 4.78 is 11.2. The van der Waals surface area contributed by atoms with Crippen molar-refractivity contribution in [3.8, 4) is 0 Å². The lowest BCUT2D eigenvalue weighted by molar-refractivity contribution is -0.161. The number of amidine groups is 1. The largest absolute Gasteiger partial charge is 0.459 e. The molecule has 3 unspecified atom stereocenters. The Kier molecular flexibility index (Phi) is 9.88. The number of hydroxylamine groups is 2. The van der Waals surface area contributed by atoms with Gasteiger partial charge in [-0.2, -0.15) is 0 Å². The number of carbonyl (C=O) groups is 3. The molecular weight excluding hydrogens is 528 g/mol. The number of piperazine rings is 1. The fourth-order valence-corrected chi connectivity index (χ4v) is 5.30. The number of amides is 2. The highest BCUT2D eigenvalue weighted by atomic mass is 16.7. The van der Waals surface area contributed by atoms with Gasteiger partial charge >= 0.3 is 18.2 Å². The monoisotopic (exact) mass is 572 g/mol.